The molecule has 0 unspecified atom stereocenters. The molecule has 0 amide bonds. The molecule has 0 heterocycles. The first-order valence-corrected chi connectivity index (χ1v) is 22.4. The highest BCUT2D eigenvalue weighted by atomic mass is 16.5. The Morgan fingerprint density at radius 1 is 0.379 bits per heavy atom. The third-order valence-corrected chi connectivity index (χ3v) is 9.64. The van der Waals surface area contributed by atoms with Crippen LogP contribution in [0, 0.1) is 0 Å². The van der Waals surface area contributed by atoms with Gasteiger partial charge in [0.1, 0.15) is 23.0 Å². The maximum atomic E-state index is 11.4. The third kappa shape index (κ3) is 21.5. The van der Waals surface area contributed by atoms with Crippen LogP contribution in [0.4, 0.5) is 0 Å². The van der Waals surface area contributed by atoms with E-state index in [1.54, 1.807) is 64.8 Å². The highest BCUT2D eigenvalue weighted by Crippen LogP contribution is 2.48. The van der Waals surface area contributed by atoms with Crippen molar-refractivity contribution in [3.63, 3.8) is 0 Å². The molecule has 0 spiro atoms. The average molecular weight is 911 g/mol. The van der Waals surface area contributed by atoms with Gasteiger partial charge < -0.3 is 49.6 Å². The highest BCUT2D eigenvalue weighted by molar-refractivity contribution is 5.73. The molecule has 0 aromatic heterocycles. The smallest absolute Gasteiger partial charge is 0.120 e. The fraction of sp³-hybridized carbons (Fsp3) is 0.357. The molecule has 0 saturated heterocycles. The maximum Gasteiger partial charge on any atom is 0.120 e. The van der Waals surface area contributed by atoms with Gasteiger partial charge in [0.2, 0.25) is 0 Å². The molecule has 66 heavy (non-hydrogen) atoms. The normalized spacial score (nSPS) is 9.95. The van der Waals surface area contributed by atoms with Gasteiger partial charge in [0.15, 0.2) is 0 Å². The Hall–Kier alpha value is -5.72. The van der Waals surface area contributed by atoms with Gasteiger partial charge in [-0.15, -0.1) is 0 Å². The van der Waals surface area contributed by atoms with Crippen molar-refractivity contribution in [3.8, 4) is 56.4 Å². The van der Waals surface area contributed by atoms with Crippen molar-refractivity contribution >= 4 is 0 Å². The van der Waals surface area contributed by atoms with Crippen molar-refractivity contribution in [2.45, 2.75) is 66.7 Å². The molecule has 0 aliphatic heterocycles. The lowest BCUT2D eigenvalue weighted by Crippen LogP contribution is -2.26. The zero-order chi connectivity index (χ0) is 49.8. The number of phenolic OH excluding ortho intramolecular Hbond substituents is 4. The van der Waals surface area contributed by atoms with Gasteiger partial charge in [0, 0.05) is 84.6 Å². The predicted molar refractivity (Wildman–Crippen MR) is 273 cm³/mol. The third-order valence-electron chi connectivity index (χ3n) is 9.64. The van der Waals surface area contributed by atoms with Crippen molar-refractivity contribution in [2.75, 3.05) is 68.1 Å². The average Bonchev–Trinajstić information content (AvgIpc) is 3.37. The lowest BCUT2D eigenvalue weighted by atomic mass is 9.69. The Kier molecular flexibility index (Phi) is 33.3. The van der Waals surface area contributed by atoms with Gasteiger partial charge >= 0.3 is 0 Å². The molecule has 10 nitrogen and oxygen atoms in total. The Bertz CT molecular complexity index is 1930. The number of hydrogen-bond acceptors (Lipinski definition) is 10. The summed E-state index contributed by atoms with van der Waals surface area (Å²) in [5.41, 5.74) is 6.83. The van der Waals surface area contributed by atoms with Gasteiger partial charge in [-0.05, 0) is 135 Å². The number of methoxy groups -OCH3 is 4. The minimum Gasteiger partial charge on any atom is -0.508 e. The Labute approximate surface area is 395 Å². The topological polar surface area (TPSA) is 158 Å². The zero-order valence-corrected chi connectivity index (χ0v) is 41.3. The Morgan fingerprint density at radius 2 is 0.636 bits per heavy atom. The second-order valence-electron chi connectivity index (χ2n) is 14.4. The number of aliphatic hydroxyl groups is 2. The first kappa shape index (κ1) is 60.3. The van der Waals surface area contributed by atoms with Gasteiger partial charge in [0.05, 0.1) is 0 Å². The molecule has 0 atom stereocenters. The first-order valence-electron chi connectivity index (χ1n) is 22.4. The fourth-order valence-electron chi connectivity index (χ4n) is 5.62. The van der Waals surface area contributed by atoms with Crippen molar-refractivity contribution in [2.24, 2.45) is 0 Å². The van der Waals surface area contributed by atoms with E-state index in [4.69, 9.17) is 10.2 Å². The molecule has 6 aromatic carbocycles. The standard InChI is InChI=1S/C38H30O4.6C3H8O/c1-38(31-15-7-26(8-16-31)25-5-3-2-4-6-25,34-23-29(13-21-36(34)41)27-9-17-32(39)18-10-27)35-24-30(14-22-37(35)42)28-11-19-33(40)20-12-28;4*1-3-4-2;2*1-2-3-4/h2-24,39-42H,1H3;4*3H2,1-2H3;2*4H,2-3H2,1H3. The Morgan fingerprint density at radius 3 is 0.924 bits per heavy atom. The van der Waals surface area contributed by atoms with Crippen molar-refractivity contribution in [1.82, 2.24) is 0 Å². The van der Waals surface area contributed by atoms with Gasteiger partial charge in [-0.2, -0.15) is 0 Å². The van der Waals surface area contributed by atoms with Crippen LogP contribution in [0.2, 0.25) is 0 Å². The summed E-state index contributed by atoms with van der Waals surface area (Å²) in [6.45, 7) is 17.6. The van der Waals surface area contributed by atoms with E-state index in [2.05, 4.69) is 43.2 Å². The molecule has 0 aliphatic rings. The quantitative estimate of drug-likeness (QED) is 0.0653. The van der Waals surface area contributed by atoms with Crippen LogP contribution in [0.15, 0.2) is 140 Å². The molecular formula is C56H78O10. The molecule has 10 heteroatoms. The minimum absolute atomic E-state index is 0.0987. The van der Waals surface area contributed by atoms with Crippen LogP contribution in [0.3, 0.4) is 0 Å². The van der Waals surface area contributed by atoms with Gasteiger partial charge in [0.25, 0.3) is 0 Å². The SMILES string of the molecule is CC(c1ccc(-c2ccccc2)cc1)(c1cc(-c2ccc(O)cc2)ccc1O)c1cc(-c2ccc(O)cc2)ccc1O.CCCO.CCCO.CCOC.CCOC.CCOC.CCOC. The van der Waals surface area contributed by atoms with E-state index in [1.165, 1.54) is 0 Å². The molecule has 0 fully saturated rings. The predicted octanol–water partition coefficient (Wildman–Crippen LogP) is 12.3. The van der Waals surface area contributed by atoms with Crippen LogP contribution in [-0.4, -0.2) is 98.7 Å². The van der Waals surface area contributed by atoms with E-state index in [9.17, 15) is 20.4 Å². The summed E-state index contributed by atoms with van der Waals surface area (Å²) in [5.74, 6) is 0.553. The zero-order valence-electron chi connectivity index (χ0n) is 41.3. The number of rotatable bonds is 12. The van der Waals surface area contributed by atoms with Crippen molar-refractivity contribution in [3.05, 3.63) is 156 Å². The summed E-state index contributed by atoms with van der Waals surface area (Å²) < 4.78 is 18.2. The van der Waals surface area contributed by atoms with Crippen molar-refractivity contribution in [1.29, 1.82) is 0 Å². The lowest BCUT2D eigenvalue weighted by molar-refractivity contribution is 0.215. The number of benzene rings is 6. The molecule has 6 rings (SSSR count). The summed E-state index contributed by atoms with van der Waals surface area (Å²) in [7, 11) is 6.72. The van der Waals surface area contributed by atoms with Crippen LogP contribution in [0.25, 0.3) is 33.4 Å². The van der Waals surface area contributed by atoms with E-state index >= 15 is 0 Å². The van der Waals surface area contributed by atoms with E-state index in [0.717, 1.165) is 78.2 Å². The molecule has 0 radical (unpaired) electrons. The second-order valence-corrected chi connectivity index (χ2v) is 14.4. The number of hydrogen-bond donors (Lipinski definition) is 6. The summed E-state index contributed by atoms with van der Waals surface area (Å²) in [6.07, 6.45) is 1.75. The second kappa shape index (κ2) is 36.5. The maximum absolute atomic E-state index is 11.4. The summed E-state index contributed by atoms with van der Waals surface area (Å²) >= 11 is 0. The van der Waals surface area contributed by atoms with E-state index in [0.29, 0.717) is 24.3 Å². The fourth-order valence-corrected chi connectivity index (χ4v) is 5.62. The van der Waals surface area contributed by atoms with Gasteiger partial charge in [-0.25, -0.2) is 0 Å². The summed E-state index contributed by atoms with van der Waals surface area (Å²) in [6, 6.07) is 43.1. The van der Waals surface area contributed by atoms with Crippen LogP contribution < -0.4 is 0 Å². The molecule has 0 aliphatic carbocycles. The first-order chi connectivity index (χ1) is 31.8. The van der Waals surface area contributed by atoms with Crippen LogP contribution in [0.1, 0.15) is 78.0 Å². The van der Waals surface area contributed by atoms with E-state index in [1.807, 2.05) is 127 Å². The van der Waals surface area contributed by atoms with E-state index in [-0.39, 0.29) is 23.0 Å². The van der Waals surface area contributed by atoms with Crippen molar-refractivity contribution < 1.29 is 49.6 Å². The summed E-state index contributed by atoms with van der Waals surface area (Å²) in [5, 5.41) is 58.1. The molecule has 6 N–H and O–H groups in total. The molecular weight excluding hydrogens is 833 g/mol. The molecule has 6 aromatic rings. The van der Waals surface area contributed by atoms with Crippen LogP contribution >= 0.6 is 0 Å². The van der Waals surface area contributed by atoms with Gasteiger partial charge in [-0.1, -0.05) is 105 Å². The van der Waals surface area contributed by atoms with E-state index < -0.39 is 5.41 Å². The minimum atomic E-state index is -0.969. The van der Waals surface area contributed by atoms with Gasteiger partial charge in [-0.3, -0.25) is 0 Å². The number of phenols is 4. The molecule has 362 valence electrons. The van der Waals surface area contributed by atoms with Crippen LogP contribution in [-0.2, 0) is 24.4 Å². The summed E-state index contributed by atoms with van der Waals surface area (Å²) in [4.78, 5) is 0. The highest BCUT2D eigenvalue weighted by Gasteiger charge is 2.36. The number of aliphatic hydroxyl groups excluding tert-OH is 2. The molecule has 0 saturated carbocycles. The number of aromatic hydroxyl groups is 4. The largest absolute Gasteiger partial charge is 0.508 e. The monoisotopic (exact) mass is 911 g/mol. The number of ether oxygens (including phenoxy) is 4. The lowest BCUT2D eigenvalue weighted by Gasteiger charge is -2.34. The Balaban J connectivity index is 0.00000146. The molecule has 0 bridgehead atoms. The van der Waals surface area contributed by atoms with Crippen LogP contribution in [0.5, 0.6) is 23.0 Å².